The molecule has 0 bridgehead atoms. The molecule has 1 heterocycles. The van der Waals surface area contributed by atoms with Crippen LogP contribution in [0.4, 0.5) is 17.1 Å². The number of anilines is 3. The van der Waals surface area contributed by atoms with E-state index in [1.165, 1.54) is 0 Å². The van der Waals surface area contributed by atoms with Crippen molar-refractivity contribution in [3.8, 4) is 0 Å². The maximum atomic E-state index is 11.4. The van der Waals surface area contributed by atoms with Crippen LogP contribution in [-0.4, -0.2) is 29.9 Å². The summed E-state index contributed by atoms with van der Waals surface area (Å²) >= 11 is 5.94. The highest BCUT2D eigenvalue weighted by molar-refractivity contribution is 6.30. The van der Waals surface area contributed by atoms with Gasteiger partial charge in [-0.2, -0.15) is 0 Å². The second-order valence-corrected chi connectivity index (χ2v) is 6.54. The largest absolute Gasteiger partial charge is 0.380 e. The molecule has 1 aliphatic heterocycles. The molecule has 0 unspecified atom stereocenters. The summed E-state index contributed by atoms with van der Waals surface area (Å²) in [4.78, 5) is 13.3. The zero-order chi connectivity index (χ0) is 16.9. The topological polar surface area (TPSA) is 44.4 Å². The monoisotopic (exact) mass is 343 g/mol. The van der Waals surface area contributed by atoms with E-state index in [1.54, 1.807) is 6.92 Å². The van der Waals surface area contributed by atoms with Crippen molar-refractivity contribution < 1.29 is 4.79 Å². The number of carbonyl (C=O) groups is 1. The number of hydrogen-bond donors (Lipinski definition) is 2. The first kappa shape index (κ1) is 16.7. The molecule has 0 aliphatic carbocycles. The van der Waals surface area contributed by atoms with Gasteiger partial charge in [-0.15, -0.1) is 0 Å². The minimum absolute atomic E-state index is 0.165. The lowest BCUT2D eigenvalue weighted by Crippen LogP contribution is -2.41. The zero-order valence-electron chi connectivity index (χ0n) is 13.8. The van der Waals surface area contributed by atoms with Crippen molar-refractivity contribution in [1.82, 2.24) is 4.90 Å². The van der Waals surface area contributed by atoms with Crippen LogP contribution in [0.2, 0.25) is 5.02 Å². The van der Waals surface area contributed by atoms with Gasteiger partial charge in [0, 0.05) is 36.8 Å². The van der Waals surface area contributed by atoms with Gasteiger partial charge in [0.1, 0.15) is 0 Å². The minimum Gasteiger partial charge on any atom is -0.380 e. The fourth-order valence-electron chi connectivity index (χ4n) is 2.97. The smallest absolute Gasteiger partial charge is 0.219 e. The number of para-hydroxylation sites is 2. The van der Waals surface area contributed by atoms with Crippen molar-refractivity contribution in [3.63, 3.8) is 0 Å². The number of halogens is 1. The Bertz CT molecular complexity index is 694. The van der Waals surface area contributed by atoms with Gasteiger partial charge in [0.05, 0.1) is 11.4 Å². The van der Waals surface area contributed by atoms with Gasteiger partial charge in [-0.05, 0) is 49.2 Å². The third-order valence-electron chi connectivity index (χ3n) is 4.35. The van der Waals surface area contributed by atoms with Crippen molar-refractivity contribution in [2.75, 3.05) is 23.7 Å². The molecule has 0 radical (unpaired) electrons. The Labute approximate surface area is 147 Å². The summed E-state index contributed by atoms with van der Waals surface area (Å²) in [5.74, 6) is 0.165. The molecule has 1 fully saturated rings. The van der Waals surface area contributed by atoms with Gasteiger partial charge in [0.2, 0.25) is 5.91 Å². The molecule has 24 heavy (non-hydrogen) atoms. The number of nitrogens with zero attached hydrogens (tertiary/aromatic N) is 1. The third kappa shape index (κ3) is 4.20. The van der Waals surface area contributed by atoms with Crippen LogP contribution < -0.4 is 10.6 Å². The van der Waals surface area contributed by atoms with Crippen molar-refractivity contribution in [2.24, 2.45) is 0 Å². The van der Waals surface area contributed by atoms with Crippen molar-refractivity contribution in [2.45, 2.75) is 25.8 Å². The molecule has 2 N–H and O–H groups in total. The average Bonchev–Trinajstić information content (AvgIpc) is 2.59. The van der Waals surface area contributed by atoms with Gasteiger partial charge in [0.25, 0.3) is 0 Å². The summed E-state index contributed by atoms with van der Waals surface area (Å²) in [5, 5.41) is 7.77. The lowest BCUT2D eigenvalue weighted by Gasteiger charge is -2.32. The minimum atomic E-state index is 0.165. The molecule has 3 rings (SSSR count). The number of likely N-dealkylation sites (tertiary alicyclic amines) is 1. The van der Waals surface area contributed by atoms with Crippen molar-refractivity contribution in [1.29, 1.82) is 0 Å². The molecule has 1 aliphatic rings. The van der Waals surface area contributed by atoms with Crippen molar-refractivity contribution in [3.05, 3.63) is 53.6 Å². The highest BCUT2D eigenvalue weighted by Crippen LogP contribution is 2.28. The Morgan fingerprint density at radius 3 is 2.29 bits per heavy atom. The SMILES string of the molecule is CC(=O)N1CCC(Nc2ccccc2Nc2ccc(Cl)cc2)CC1. The number of rotatable bonds is 4. The second-order valence-electron chi connectivity index (χ2n) is 6.10. The Hall–Kier alpha value is -2.20. The Kier molecular flexibility index (Phi) is 5.26. The molecule has 0 spiro atoms. The summed E-state index contributed by atoms with van der Waals surface area (Å²) in [5.41, 5.74) is 3.11. The average molecular weight is 344 g/mol. The summed E-state index contributed by atoms with van der Waals surface area (Å²) in [7, 11) is 0. The van der Waals surface area contributed by atoms with Gasteiger partial charge >= 0.3 is 0 Å². The number of hydrogen-bond acceptors (Lipinski definition) is 3. The summed E-state index contributed by atoms with van der Waals surface area (Å²) < 4.78 is 0. The Morgan fingerprint density at radius 2 is 1.67 bits per heavy atom. The Balaban J connectivity index is 1.66. The molecular formula is C19H22ClN3O. The normalized spacial score (nSPS) is 15.2. The quantitative estimate of drug-likeness (QED) is 0.858. The highest BCUT2D eigenvalue weighted by Gasteiger charge is 2.21. The van der Waals surface area contributed by atoms with Gasteiger partial charge in [-0.25, -0.2) is 0 Å². The van der Waals surface area contributed by atoms with Crippen LogP contribution in [0.1, 0.15) is 19.8 Å². The van der Waals surface area contributed by atoms with Gasteiger partial charge < -0.3 is 15.5 Å². The lowest BCUT2D eigenvalue weighted by atomic mass is 10.0. The molecule has 1 amide bonds. The van der Waals surface area contributed by atoms with Crippen LogP contribution in [0, 0.1) is 0 Å². The molecule has 126 valence electrons. The standard InChI is InChI=1S/C19H22ClN3O/c1-14(24)23-12-10-17(11-13-23)22-19-5-3-2-4-18(19)21-16-8-6-15(20)7-9-16/h2-9,17,21-22H,10-13H2,1H3. The fourth-order valence-corrected chi connectivity index (χ4v) is 3.09. The van der Waals surface area contributed by atoms with Crippen molar-refractivity contribution >= 4 is 34.6 Å². The van der Waals surface area contributed by atoms with Gasteiger partial charge in [0.15, 0.2) is 0 Å². The van der Waals surface area contributed by atoms with E-state index in [0.717, 1.165) is 48.0 Å². The van der Waals surface area contributed by atoms with Gasteiger partial charge in [-0.3, -0.25) is 4.79 Å². The number of piperidine rings is 1. The van der Waals surface area contributed by atoms with E-state index < -0.39 is 0 Å². The van der Waals surface area contributed by atoms with E-state index in [1.807, 2.05) is 41.3 Å². The molecular weight excluding hydrogens is 322 g/mol. The van der Waals surface area contributed by atoms with E-state index in [4.69, 9.17) is 11.6 Å². The number of benzene rings is 2. The zero-order valence-corrected chi connectivity index (χ0v) is 14.5. The maximum absolute atomic E-state index is 11.4. The lowest BCUT2D eigenvalue weighted by molar-refractivity contribution is -0.129. The summed E-state index contributed by atoms with van der Waals surface area (Å²) in [6.45, 7) is 3.28. The predicted octanol–water partition coefficient (Wildman–Crippen LogP) is 4.51. The molecule has 2 aromatic rings. The second kappa shape index (κ2) is 7.58. The Morgan fingerprint density at radius 1 is 1.04 bits per heavy atom. The number of amides is 1. The molecule has 5 heteroatoms. The number of nitrogens with one attached hydrogen (secondary N) is 2. The van der Waals surface area contributed by atoms with E-state index in [9.17, 15) is 4.79 Å². The molecule has 0 aromatic heterocycles. The first-order valence-corrected chi connectivity index (χ1v) is 8.63. The van der Waals surface area contributed by atoms with Crippen LogP contribution >= 0.6 is 11.6 Å². The van der Waals surface area contributed by atoms with Crippen LogP contribution in [0.3, 0.4) is 0 Å². The van der Waals surface area contributed by atoms with E-state index in [2.05, 4.69) is 22.8 Å². The fraction of sp³-hybridized carbons (Fsp3) is 0.316. The van der Waals surface area contributed by atoms with Gasteiger partial charge in [-0.1, -0.05) is 23.7 Å². The summed E-state index contributed by atoms with van der Waals surface area (Å²) in [6.07, 6.45) is 1.93. The number of carbonyl (C=O) groups excluding carboxylic acids is 1. The van der Waals surface area contributed by atoms with Crippen LogP contribution in [-0.2, 0) is 4.79 Å². The third-order valence-corrected chi connectivity index (χ3v) is 4.60. The molecule has 2 aromatic carbocycles. The highest BCUT2D eigenvalue weighted by atomic mass is 35.5. The first-order chi connectivity index (χ1) is 11.6. The molecule has 0 atom stereocenters. The predicted molar refractivity (Wildman–Crippen MR) is 100 cm³/mol. The molecule has 4 nitrogen and oxygen atoms in total. The van der Waals surface area contributed by atoms with Crippen LogP contribution in [0.5, 0.6) is 0 Å². The van der Waals surface area contributed by atoms with Crippen LogP contribution in [0.25, 0.3) is 0 Å². The van der Waals surface area contributed by atoms with E-state index >= 15 is 0 Å². The van der Waals surface area contributed by atoms with Crippen LogP contribution in [0.15, 0.2) is 48.5 Å². The molecule has 1 saturated heterocycles. The van der Waals surface area contributed by atoms with E-state index in [-0.39, 0.29) is 5.91 Å². The summed E-state index contributed by atoms with van der Waals surface area (Å²) in [6, 6.07) is 16.2. The first-order valence-electron chi connectivity index (χ1n) is 8.25. The maximum Gasteiger partial charge on any atom is 0.219 e. The van der Waals surface area contributed by atoms with E-state index in [0.29, 0.717) is 6.04 Å². The molecule has 0 saturated carbocycles.